The molecule has 0 spiro atoms. The third-order valence-corrected chi connectivity index (χ3v) is 4.72. The first kappa shape index (κ1) is 14.0. The Morgan fingerprint density at radius 1 is 1.33 bits per heavy atom. The number of hydrogen-bond donors (Lipinski definition) is 1. The molecule has 1 aromatic rings. The predicted octanol–water partition coefficient (Wildman–Crippen LogP) is 3.52. The molecule has 2 heterocycles. The highest BCUT2D eigenvalue weighted by atomic mass is 32.1. The van der Waals surface area contributed by atoms with E-state index in [0.717, 1.165) is 5.92 Å². The van der Waals surface area contributed by atoms with Crippen LogP contribution in [-0.4, -0.2) is 30.6 Å². The number of nitrogens with one attached hydrogen (secondary N) is 1. The summed E-state index contributed by atoms with van der Waals surface area (Å²) in [7, 11) is 0. The van der Waals surface area contributed by atoms with Gasteiger partial charge in [-0.3, -0.25) is 0 Å². The molecule has 0 saturated carbocycles. The largest absolute Gasteiger partial charge is 0.307 e. The van der Waals surface area contributed by atoms with Gasteiger partial charge in [0.25, 0.3) is 0 Å². The van der Waals surface area contributed by atoms with Crippen LogP contribution in [0.25, 0.3) is 0 Å². The van der Waals surface area contributed by atoms with Crippen molar-refractivity contribution in [2.24, 2.45) is 5.92 Å². The van der Waals surface area contributed by atoms with E-state index in [-0.39, 0.29) is 0 Å². The van der Waals surface area contributed by atoms with Crippen molar-refractivity contribution < 1.29 is 0 Å². The third kappa shape index (κ3) is 4.08. The summed E-state index contributed by atoms with van der Waals surface area (Å²) >= 11 is 1.86. The Balaban J connectivity index is 1.73. The van der Waals surface area contributed by atoms with Crippen molar-refractivity contribution in [1.29, 1.82) is 0 Å². The van der Waals surface area contributed by atoms with Crippen LogP contribution in [0.4, 0.5) is 0 Å². The van der Waals surface area contributed by atoms with Crippen LogP contribution < -0.4 is 5.32 Å². The van der Waals surface area contributed by atoms with E-state index in [1.807, 2.05) is 11.3 Å². The number of nitrogens with zero attached hydrogens (tertiary/aromatic N) is 1. The van der Waals surface area contributed by atoms with Gasteiger partial charge in [0.15, 0.2) is 0 Å². The maximum Gasteiger partial charge on any atom is 0.0388 e. The molecule has 0 aromatic carbocycles. The van der Waals surface area contributed by atoms with E-state index >= 15 is 0 Å². The normalized spacial score (nSPS) is 20.4. The topological polar surface area (TPSA) is 15.3 Å². The van der Waals surface area contributed by atoms with Crippen LogP contribution in [0, 0.1) is 5.92 Å². The molecule has 3 heteroatoms. The second-order valence-electron chi connectivity index (χ2n) is 5.87. The molecule has 0 amide bonds. The van der Waals surface area contributed by atoms with Crippen LogP contribution in [0.1, 0.15) is 44.5 Å². The minimum Gasteiger partial charge on any atom is -0.307 e. The quantitative estimate of drug-likeness (QED) is 0.877. The van der Waals surface area contributed by atoms with Crippen LogP contribution in [-0.2, 0) is 0 Å². The lowest BCUT2D eigenvalue weighted by Gasteiger charge is -2.34. The molecule has 18 heavy (non-hydrogen) atoms. The highest BCUT2D eigenvalue weighted by molar-refractivity contribution is 7.10. The molecule has 1 saturated heterocycles. The average Bonchev–Trinajstić information content (AvgIpc) is 2.84. The van der Waals surface area contributed by atoms with E-state index in [4.69, 9.17) is 0 Å². The smallest absolute Gasteiger partial charge is 0.0388 e. The van der Waals surface area contributed by atoms with Gasteiger partial charge in [-0.15, -0.1) is 11.3 Å². The Hall–Kier alpha value is -0.380. The lowest BCUT2D eigenvalue weighted by atomic mass is 10.0. The molecule has 1 N–H and O–H groups in total. The van der Waals surface area contributed by atoms with Crippen LogP contribution in [0.3, 0.4) is 0 Å². The number of thiophene rings is 1. The van der Waals surface area contributed by atoms with Crippen LogP contribution >= 0.6 is 11.3 Å². The van der Waals surface area contributed by atoms with Crippen LogP contribution in [0.2, 0.25) is 0 Å². The Morgan fingerprint density at radius 3 is 2.61 bits per heavy atom. The van der Waals surface area contributed by atoms with E-state index in [2.05, 4.69) is 48.5 Å². The first-order chi connectivity index (χ1) is 8.65. The van der Waals surface area contributed by atoms with E-state index in [9.17, 15) is 0 Å². The molecule has 0 unspecified atom stereocenters. The Morgan fingerprint density at radius 2 is 2.06 bits per heavy atom. The molecular formula is C15H26N2S. The molecule has 0 aliphatic carbocycles. The van der Waals surface area contributed by atoms with E-state index in [0.29, 0.717) is 12.1 Å². The van der Waals surface area contributed by atoms with Gasteiger partial charge in [0.1, 0.15) is 0 Å². The molecule has 0 bridgehead atoms. The standard InChI is InChI=1S/C15H26N2S/c1-12(2)11-17-8-6-14(7-9-17)16-13(3)15-5-4-10-18-15/h4-5,10,12-14,16H,6-9,11H2,1-3H3/t13-/m0/s1. The molecule has 2 nitrogen and oxygen atoms in total. The van der Waals surface area contributed by atoms with E-state index in [1.165, 1.54) is 37.4 Å². The number of rotatable bonds is 5. The van der Waals surface area contributed by atoms with Gasteiger partial charge < -0.3 is 10.2 Å². The molecule has 1 aliphatic heterocycles. The fraction of sp³-hybridized carbons (Fsp3) is 0.733. The molecule has 1 aromatic heterocycles. The second kappa shape index (κ2) is 6.69. The van der Waals surface area contributed by atoms with E-state index < -0.39 is 0 Å². The fourth-order valence-electron chi connectivity index (χ4n) is 2.77. The highest BCUT2D eigenvalue weighted by Crippen LogP contribution is 2.21. The number of hydrogen-bond acceptors (Lipinski definition) is 3. The second-order valence-corrected chi connectivity index (χ2v) is 6.85. The van der Waals surface area contributed by atoms with Crippen molar-refractivity contribution in [3.8, 4) is 0 Å². The van der Waals surface area contributed by atoms with Gasteiger partial charge in [-0.2, -0.15) is 0 Å². The van der Waals surface area contributed by atoms with Gasteiger partial charge in [-0.05, 0) is 50.2 Å². The summed E-state index contributed by atoms with van der Waals surface area (Å²) in [5.41, 5.74) is 0. The van der Waals surface area contributed by atoms with Gasteiger partial charge in [0, 0.05) is 23.5 Å². The highest BCUT2D eigenvalue weighted by Gasteiger charge is 2.21. The summed E-state index contributed by atoms with van der Waals surface area (Å²) in [6.45, 7) is 10.7. The molecule has 0 radical (unpaired) electrons. The lowest BCUT2D eigenvalue weighted by Crippen LogP contribution is -2.44. The summed E-state index contributed by atoms with van der Waals surface area (Å²) in [6.07, 6.45) is 2.59. The van der Waals surface area contributed by atoms with Crippen LogP contribution in [0.15, 0.2) is 17.5 Å². The zero-order chi connectivity index (χ0) is 13.0. The molecule has 1 aliphatic rings. The number of likely N-dealkylation sites (tertiary alicyclic amines) is 1. The van der Waals surface area contributed by atoms with Crippen molar-refractivity contribution in [2.75, 3.05) is 19.6 Å². The van der Waals surface area contributed by atoms with Gasteiger partial charge in [0.2, 0.25) is 0 Å². The van der Waals surface area contributed by atoms with Crippen molar-refractivity contribution in [1.82, 2.24) is 10.2 Å². The minimum absolute atomic E-state index is 0.506. The van der Waals surface area contributed by atoms with Gasteiger partial charge in [0.05, 0.1) is 0 Å². The van der Waals surface area contributed by atoms with Gasteiger partial charge in [-0.1, -0.05) is 19.9 Å². The van der Waals surface area contributed by atoms with Crippen molar-refractivity contribution in [3.63, 3.8) is 0 Å². The average molecular weight is 266 g/mol. The number of piperidine rings is 1. The summed E-state index contributed by atoms with van der Waals surface area (Å²) in [5, 5.41) is 5.94. The third-order valence-electron chi connectivity index (χ3n) is 3.67. The molecule has 2 rings (SSSR count). The summed E-state index contributed by atoms with van der Waals surface area (Å²) in [5.74, 6) is 0.791. The fourth-order valence-corrected chi connectivity index (χ4v) is 3.52. The Labute approximate surface area is 115 Å². The minimum atomic E-state index is 0.506. The zero-order valence-corrected chi connectivity index (χ0v) is 12.7. The van der Waals surface area contributed by atoms with Crippen molar-refractivity contribution in [2.45, 2.75) is 45.7 Å². The summed E-state index contributed by atoms with van der Waals surface area (Å²) < 4.78 is 0. The molecular weight excluding hydrogens is 240 g/mol. The Kier molecular flexibility index (Phi) is 5.22. The van der Waals surface area contributed by atoms with E-state index in [1.54, 1.807) is 0 Å². The van der Waals surface area contributed by atoms with Crippen molar-refractivity contribution in [3.05, 3.63) is 22.4 Å². The first-order valence-corrected chi connectivity index (χ1v) is 8.05. The molecule has 1 fully saturated rings. The first-order valence-electron chi connectivity index (χ1n) is 7.17. The molecule has 1 atom stereocenters. The zero-order valence-electron chi connectivity index (χ0n) is 11.9. The summed E-state index contributed by atoms with van der Waals surface area (Å²) in [6, 6.07) is 5.58. The lowest BCUT2D eigenvalue weighted by molar-refractivity contribution is 0.175. The summed E-state index contributed by atoms with van der Waals surface area (Å²) in [4.78, 5) is 4.07. The maximum atomic E-state index is 3.78. The monoisotopic (exact) mass is 266 g/mol. The SMILES string of the molecule is CC(C)CN1CCC(N[C@@H](C)c2cccs2)CC1. The molecule has 102 valence electrons. The predicted molar refractivity (Wildman–Crippen MR) is 80.2 cm³/mol. The van der Waals surface area contributed by atoms with Gasteiger partial charge >= 0.3 is 0 Å². The maximum absolute atomic E-state index is 3.78. The van der Waals surface area contributed by atoms with Gasteiger partial charge in [-0.25, -0.2) is 0 Å². The Bertz CT molecular complexity index is 326. The van der Waals surface area contributed by atoms with Crippen molar-refractivity contribution >= 4 is 11.3 Å². The van der Waals surface area contributed by atoms with Crippen LogP contribution in [0.5, 0.6) is 0 Å².